The summed E-state index contributed by atoms with van der Waals surface area (Å²) in [4.78, 5) is 39.1. The lowest BCUT2D eigenvalue weighted by Crippen LogP contribution is -2.66. The highest BCUT2D eigenvalue weighted by Gasteiger charge is 2.64. The Balaban J connectivity index is 1.68. The minimum atomic E-state index is -1.20. The van der Waals surface area contributed by atoms with Crippen molar-refractivity contribution in [2.75, 3.05) is 0 Å². The Kier molecular flexibility index (Phi) is 7.34. The van der Waals surface area contributed by atoms with Crippen molar-refractivity contribution in [2.24, 2.45) is 17.3 Å². The second-order valence-corrected chi connectivity index (χ2v) is 12.6. The SMILES string of the molecule is C/C=C(\C)C(OC(C)=O)C(C)C1=CC(=O)C2=C(OC3(C)CCC4OC(C(C)(C)O)CCC4(C)C3C2O)C1=O. The van der Waals surface area contributed by atoms with Crippen molar-refractivity contribution in [1.82, 2.24) is 0 Å². The molecule has 2 aliphatic carbocycles. The minimum absolute atomic E-state index is 0.00768. The maximum absolute atomic E-state index is 13.8. The molecule has 4 aliphatic rings. The Bertz CT molecular complexity index is 1120. The Morgan fingerprint density at radius 3 is 2.45 bits per heavy atom. The summed E-state index contributed by atoms with van der Waals surface area (Å²) in [6, 6.07) is 0. The summed E-state index contributed by atoms with van der Waals surface area (Å²) in [6.07, 6.45) is 3.07. The van der Waals surface area contributed by atoms with Crippen LogP contribution in [0.15, 0.2) is 34.6 Å². The molecule has 8 heteroatoms. The number of carbonyl (C=O) groups is 3. The average molecular weight is 531 g/mol. The molecule has 0 amide bonds. The molecule has 2 fully saturated rings. The number of aliphatic hydroxyl groups excluding tert-OH is 1. The van der Waals surface area contributed by atoms with Crippen molar-refractivity contribution >= 4 is 17.5 Å². The Morgan fingerprint density at radius 2 is 1.87 bits per heavy atom. The summed E-state index contributed by atoms with van der Waals surface area (Å²) in [5.74, 6) is -2.57. The lowest BCUT2D eigenvalue weighted by atomic mass is 9.52. The summed E-state index contributed by atoms with van der Waals surface area (Å²) < 4.78 is 18.4. The number of esters is 1. The van der Waals surface area contributed by atoms with Crippen LogP contribution in [0.1, 0.15) is 81.1 Å². The molecule has 210 valence electrons. The number of aliphatic hydroxyl groups is 2. The number of carbonyl (C=O) groups excluding carboxylic acids is 3. The number of rotatable bonds is 5. The number of ketones is 2. The van der Waals surface area contributed by atoms with E-state index >= 15 is 0 Å². The van der Waals surface area contributed by atoms with E-state index in [0.717, 1.165) is 5.57 Å². The van der Waals surface area contributed by atoms with Gasteiger partial charge in [-0.25, -0.2) is 0 Å². The molecule has 0 radical (unpaired) electrons. The van der Waals surface area contributed by atoms with Gasteiger partial charge in [0.05, 0.1) is 29.5 Å². The topological polar surface area (TPSA) is 119 Å². The van der Waals surface area contributed by atoms with Gasteiger partial charge in [0.1, 0.15) is 11.7 Å². The van der Waals surface area contributed by atoms with E-state index in [1.54, 1.807) is 20.8 Å². The van der Waals surface area contributed by atoms with Gasteiger partial charge in [0.2, 0.25) is 5.78 Å². The largest absolute Gasteiger partial charge is 0.482 e. The number of hydrogen-bond acceptors (Lipinski definition) is 8. The molecule has 0 spiro atoms. The summed E-state index contributed by atoms with van der Waals surface area (Å²) in [5, 5.41) is 22.3. The van der Waals surface area contributed by atoms with E-state index < -0.39 is 58.2 Å². The van der Waals surface area contributed by atoms with Crippen LogP contribution in [0, 0.1) is 17.3 Å². The number of Topliss-reactive ketones (excluding diaryl/α,β-unsaturated/α-hetero) is 1. The first-order valence-electron chi connectivity index (χ1n) is 13.6. The lowest BCUT2D eigenvalue weighted by molar-refractivity contribution is -0.260. The van der Waals surface area contributed by atoms with Crippen LogP contribution >= 0.6 is 0 Å². The Labute approximate surface area is 225 Å². The third-order valence-corrected chi connectivity index (χ3v) is 9.42. The van der Waals surface area contributed by atoms with Crippen molar-refractivity contribution in [3.05, 3.63) is 34.6 Å². The van der Waals surface area contributed by atoms with Crippen LogP contribution in [0.4, 0.5) is 0 Å². The summed E-state index contributed by atoms with van der Waals surface area (Å²) in [7, 11) is 0. The fourth-order valence-electron chi connectivity index (χ4n) is 7.24. The zero-order valence-electron chi connectivity index (χ0n) is 23.8. The van der Waals surface area contributed by atoms with Crippen molar-refractivity contribution in [3.63, 3.8) is 0 Å². The number of fused-ring (bicyclic) bond motifs is 3. The molecule has 8 unspecified atom stereocenters. The van der Waals surface area contributed by atoms with Gasteiger partial charge in [-0.05, 0) is 72.0 Å². The minimum Gasteiger partial charge on any atom is -0.482 e. The fraction of sp³-hybridized carbons (Fsp3) is 0.700. The van der Waals surface area contributed by atoms with E-state index in [2.05, 4.69) is 6.92 Å². The van der Waals surface area contributed by atoms with Crippen molar-refractivity contribution in [1.29, 1.82) is 0 Å². The van der Waals surface area contributed by atoms with Crippen LogP contribution in [-0.4, -0.2) is 63.4 Å². The van der Waals surface area contributed by atoms with E-state index in [1.165, 1.54) is 13.0 Å². The molecule has 0 aromatic carbocycles. The number of hydrogen-bond donors (Lipinski definition) is 2. The van der Waals surface area contributed by atoms with E-state index in [4.69, 9.17) is 14.2 Å². The van der Waals surface area contributed by atoms with Crippen molar-refractivity contribution in [3.8, 4) is 0 Å². The quantitative estimate of drug-likeness (QED) is 0.314. The van der Waals surface area contributed by atoms with Gasteiger partial charge in [-0.2, -0.15) is 0 Å². The van der Waals surface area contributed by atoms with Crippen molar-refractivity contribution in [2.45, 2.75) is 117 Å². The maximum atomic E-state index is 13.8. The first-order valence-corrected chi connectivity index (χ1v) is 13.6. The molecule has 4 rings (SSSR count). The molecular formula is C30H42O8. The Morgan fingerprint density at radius 1 is 1.21 bits per heavy atom. The Hall–Kier alpha value is -2.29. The van der Waals surface area contributed by atoms with Crippen LogP contribution in [0.3, 0.4) is 0 Å². The third-order valence-electron chi connectivity index (χ3n) is 9.42. The average Bonchev–Trinajstić information content (AvgIpc) is 2.81. The first kappa shape index (κ1) is 28.7. The van der Waals surface area contributed by atoms with E-state index in [0.29, 0.717) is 25.7 Å². The standard InChI is InChI=1S/C30H42O8/c1-9-15(2)25(36-17(4)31)16(3)18-14-19(32)22-24(34)27-29(7)12-10-20(28(5,6)35)37-21(29)11-13-30(27,8)38-26(22)23(18)33/h9,14,16,20-21,24-25,27,34-35H,10-13H2,1-8H3/b15-9+. The smallest absolute Gasteiger partial charge is 0.303 e. The normalized spacial score (nSPS) is 37.3. The second kappa shape index (κ2) is 9.72. The molecule has 1 saturated carbocycles. The highest BCUT2D eigenvalue weighted by Crippen LogP contribution is 2.59. The molecule has 2 N–H and O–H groups in total. The highest BCUT2D eigenvalue weighted by molar-refractivity contribution is 6.22. The summed E-state index contributed by atoms with van der Waals surface area (Å²) in [5.41, 5.74) is -1.44. The van der Waals surface area contributed by atoms with E-state index in [-0.39, 0.29) is 29.1 Å². The predicted octanol–water partition coefficient (Wildman–Crippen LogP) is 3.74. The van der Waals surface area contributed by atoms with Crippen LogP contribution in [0.25, 0.3) is 0 Å². The van der Waals surface area contributed by atoms with Gasteiger partial charge in [-0.3, -0.25) is 14.4 Å². The first-order chi connectivity index (χ1) is 17.5. The fourth-order valence-corrected chi connectivity index (χ4v) is 7.24. The van der Waals surface area contributed by atoms with Crippen LogP contribution in [0.2, 0.25) is 0 Å². The van der Waals surface area contributed by atoms with Gasteiger partial charge in [-0.15, -0.1) is 0 Å². The van der Waals surface area contributed by atoms with Crippen LogP contribution in [-0.2, 0) is 28.6 Å². The van der Waals surface area contributed by atoms with E-state index in [9.17, 15) is 24.6 Å². The molecule has 2 aliphatic heterocycles. The molecule has 0 bridgehead atoms. The monoisotopic (exact) mass is 530 g/mol. The lowest BCUT2D eigenvalue weighted by Gasteiger charge is -2.61. The molecule has 8 nitrogen and oxygen atoms in total. The van der Waals surface area contributed by atoms with Crippen molar-refractivity contribution < 1.29 is 38.8 Å². The molecule has 1 saturated heterocycles. The summed E-state index contributed by atoms with van der Waals surface area (Å²) in [6.45, 7) is 14.1. The van der Waals surface area contributed by atoms with Gasteiger partial charge in [0.25, 0.3) is 0 Å². The zero-order chi connectivity index (χ0) is 28.4. The molecule has 38 heavy (non-hydrogen) atoms. The molecule has 8 atom stereocenters. The number of ether oxygens (including phenoxy) is 3. The van der Waals surface area contributed by atoms with Gasteiger partial charge >= 0.3 is 5.97 Å². The predicted molar refractivity (Wildman–Crippen MR) is 140 cm³/mol. The maximum Gasteiger partial charge on any atom is 0.303 e. The van der Waals surface area contributed by atoms with Crippen LogP contribution in [0.5, 0.6) is 0 Å². The van der Waals surface area contributed by atoms with E-state index in [1.807, 2.05) is 26.8 Å². The molecule has 2 heterocycles. The van der Waals surface area contributed by atoms with Gasteiger partial charge in [-0.1, -0.05) is 19.9 Å². The van der Waals surface area contributed by atoms with Gasteiger partial charge in [0, 0.05) is 29.7 Å². The third kappa shape index (κ3) is 4.58. The van der Waals surface area contributed by atoms with Gasteiger partial charge < -0.3 is 24.4 Å². The highest BCUT2D eigenvalue weighted by atomic mass is 16.5. The van der Waals surface area contributed by atoms with Gasteiger partial charge in [0.15, 0.2) is 11.5 Å². The van der Waals surface area contributed by atoms with Crippen LogP contribution < -0.4 is 0 Å². The molecular weight excluding hydrogens is 488 g/mol. The second-order valence-electron chi connectivity index (χ2n) is 12.6. The summed E-state index contributed by atoms with van der Waals surface area (Å²) >= 11 is 0. The molecule has 0 aromatic rings. The number of allylic oxidation sites excluding steroid dienone is 3. The zero-order valence-corrected chi connectivity index (χ0v) is 23.8. The molecule has 0 aromatic heterocycles.